The Morgan fingerprint density at radius 2 is 1.86 bits per heavy atom. The van der Waals surface area contributed by atoms with Crippen LogP contribution >= 0.6 is 0 Å². The van der Waals surface area contributed by atoms with Crippen LogP contribution in [0, 0.1) is 0 Å². The topological polar surface area (TPSA) is 66.0 Å². The van der Waals surface area contributed by atoms with Crippen molar-refractivity contribution in [2.24, 2.45) is 0 Å². The second kappa shape index (κ2) is 8.03. The van der Waals surface area contributed by atoms with E-state index in [1.807, 2.05) is 41.2 Å². The van der Waals surface area contributed by atoms with Crippen LogP contribution in [0.4, 0.5) is 5.69 Å². The molecule has 2 fully saturated rings. The summed E-state index contributed by atoms with van der Waals surface area (Å²) in [6.07, 6.45) is 12.0. The number of aromatic nitrogens is 3. The zero-order chi connectivity index (χ0) is 19.6. The molecule has 0 amide bonds. The number of rotatable bonds is 4. The molecule has 1 aromatic carbocycles. The van der Waals surface area contributed by atoms with E-state index in [4.69, 9.17) is 0 Å². The Labute approximate surface area is 171 Å². The van der Waals surface area contributed by atoms with Crippen LogP contribution in [0.25, 0.3) is 11.0 Å². The van der Waals surface area contributed by atoms with Crippen LogP contribution in [0.5, 0.6) is 0 Å². The van der Waals surface area contributed by atoms with Crippen LogP contribution in [-0.2, 0) is 0 Å². The number of aromatic amines is 1. The highest BCUT2D eigenvalue weighted by Gasteiger charge is 2.34. The first-order valence-corrected chi connectivity index (χ1v) is 10.9. The molecule has 29 heavy (non-hydrogen) atoms. The molecule has 0 radical (unpaired) electrons. The molecule has 2 aliphatic rings. The lowest BCUT2D eigenvalue weighted by atomic mass is 9.88. The quantitative estimate of drug-likeness (QED) is 0.702. The first-order valence-electron chi connectivity index (χ1n) is 10.9. The van der Waals surface area contributed by atoms with Gasteiger partial charge in [0, 0.05) is 31.0 Å². The molecule has 5 rings (SSSR count). The number of H-pyrrole nitrogens is 1. The van der Waals surface area contributed by atoms with Gasteiger partial charge in [0.1, 0.15) is 0 Å². The monoisotopic (exact) mass is 391 g/mol. The third-order valence-electron chi connectivity index (χ3n) is 6.63. The first kappa shape index (κ1) is 18.4. The number of hydrogen-bond donors (Lipinski definition) is 2. The Hall–Kier alpha value is -2.60. The second-order valence-corrected chi connectivity index (χ2v) is 8.42. The number of likely N-dealkylation sites (tertiary alicyclic amines) is 1. The van der Waals surface area contributed by atoms with Crippen LogP contribution in [0.15, 0.2) is 53.6 Å². The van der Waals surface area contributed by atoms with Crippen LogP contribution in [0.1, 0.15) is 51.1 Å². The Bertz CT molecular complexity index is 1000. The van der Waals surface area contributed by atoms with Crippen LogP contribution < -0.4 is 11.0 Å². The average molecular weight is 392 g/mol. The third-order valence-corrected chi connectivity index (χ3v) is 6.63. The summed E-state index contributed by atoms with van der Waals surface area (Å²) in [4.78, 5) is 22.7. The van der Waals surface area contributed by atoms with Crippen molar-refractivity contribution in [2.45, 2.75) is 63.2 Å². The molecule has 0 bridgehead atoms. The number of piperidine rings is 1. The van der Waals surface area contributed by atoms with Gasteiger partial charge in [0.15, 0.2) is 0 Å². The molecule has 1 unspecified atom stereocenters. The Morgan fingerprint density at radius 3 is 2.69 bits per heavy atom. The summed E-state index contributed by atoms with van der Waals surface area (Å²) in [7, 11) is 0. The summed E-state index contributed by atoms with van der Waals surface area (Å²) in [6.45, 7) is 1.09. The molecule has 1 aliphatic heterocycles. The van der Waals surface area contributed by atoms with Crippen molar-refractivity contribution in [1.29, 1.82) is 0 Å². The van der Waals surface area contributed by atoms with Crippen molar-refractivity contribution in [3.63, 3.8) is 0 Å². The minimum absolute atomic E-state index is 0.0232. The predicted molar refractivity (Wildman–Crippen MR) is 116 cm³/mol. The van der Waals surface area contributed by atoms with Crippen molar-refractivity contribution in [3.8, 4) is 0 Å². The summed E-state index contributed by atoms with van der Waals surface area (Å²) in [5.41, 5.74) is 3.10. The van der Waals surface area contributed by atoms with Crippen molar-refractivity contribution in [1.82, 2.24) is 19.4 Å². The van der Waals surface area contributed by atoms with E-state index < -0.39 is 0 Å². The molecule has 152 valence electrons. The minimum Gasteiger partial charge on any atom is -0.381 e. The fraction of sp³-hybridized carbons (Fsp3) is 0.478. The van der Waals surface area contributed by atoms with E-state index in [1.165, 1.54) is 25.7 Å². The van der Waals surface area contributed by atoms with E-state index in [9.17, 15) is 4.79 Å². The van der Waals surface area contributed by atoms with E-state index in [-0.39, 0.29) is 11.9 Å². The van der Waals surface area contributed by atoms with Gasteiger partial charge in [-0.15, -0.1) is 0 Å². The molecule has 6 heteroatoms. The predicted octanol–water partition coefficient (Wildman–Crippen LogP) is 4.13. The van der Waals surface area contributed by atoms with Crippen molar-refractivity contribution >= 4 is 16.7 Å². The molecular weight excluding hydrogens is 362 g/mol. The lowest BCUT2D eigenvalue weighted by molar-refractivity contribution is 0.0323. The van der Waals surface area contributed by atoms with Gasteiger partial charge in [-0.1, -0.05) is 12.1 Å². The van der Waals surface area contributed by atoms with Gasteiger partial charge in [0.05, 0.1) is 22.9 Å². The van der Waals surface area contributed by atoms with Gasteiger partial charge in [-0.3, -0.25) is 14.5 Å². The number of hydrogen-bond acceptors (Lipinski definition) is 4. The highest BCUT2D eigenvalue weighted by atomic mass is 16.1. The van der Waals surface area contributed by atoms with Gasteiger partial charge in [-0.05, 0) is 69.2 Å². The molecule has 6 nitrogen and oxygen atoms in total. The SMILES string of the molecule is O=c1[nH]c2ccccc2n1C1CCCCN1C1CCC(Nc2cccnc2)CC1. The normalized spacial score (nSPS) is 25.9. The summed E-state index contributed by atoms with van der Waals surface area (Å²) < 4.78 is 2.01. The van der Waals surface area contributed by atoms with Gasteiger partial charge < -0.3 is 10.3 Å². The maximum absolute atomic E-state index is 12.8. The Morgan fingerprint density at radius 1 is 1.00 bits per heavy atom. The van der Waals surface area contributed by atoms with E-state index in [2.05, 4.69) is 32.3 Å². The fourth-order valence-electron chi connectivity index (χ4n) is 5.25. The summed E-state index contributed by atoms with van der Waals surface area (Å²) >= 11 is 0. The number of fused-ring (bicyclic) bond motifs is 1. The molecule has 3 aromatic rings. The van der Waals surface area contributed by atoms with Gasteiger partial charge in [0.2, 0.25) is 0 Å². The zero-order valence-corrected chi connectivity index (χ0v) is 16.8. The molecule has 1 atom stereocenters. The van der Waals surface area contributed by atoms with Crippen molar-refractivity contribution < 1.29 is 0 Å². The van der Waals surface area contributed by atoms with E-state index in [0.717, 1.165) is 42.5 Å². The van der Waals surface area contributed by atoms with Gasteiger partial charge in [0.25, 0.3) is 0 Å². The second-order valence-electron chi connectivity index (χ2n) is 8.42. The molecule has 0 spiro atoms. The maximum atomic E-state index is 12.8. The third kappa shape index (κ3) is 3.69. The van der Waals surface area contributed by atoms with Crippen molar-refractivity contribution in [3.05, 3.63) is 59.3 Å². The van der Waals surface area contributed by atoms with Crippen LogP contribution in [0.2, 0.25) is 0 Å². The van der Waals surface area contributed by atoms with E-state index in [0.29, 0.717) is 12.1 Å². The van der Waals surface area contributed by atoms with Crippen LogP contribution in [0.3, 0.4) is 0 Å². The largest absolute Gasteiger partial charge is 0.381 e. The molecular formula is C23H29N5O. The Kier molecular flexibility index (Phi) is 5.10. The number of benzene rings is 1. The lowest BCUT2D eigenvalue weighted by Crippen LogP contribution is -2.48. The maximum Gasteiger partial charge on any atom is 0.327 e. The van der Waals surface area contributed by atoms with E-state index >= 15 is 0 Å². The zero-order valence-electron chi connectivity index (χ0n) is 16.8. The van der Waals surface area contributed by atoms with Crippen molar-refractivity contribution in [2.75, 3.05) is 11.9 Å². The number of para-hydroxylation sites is 2. The van der Waals surface area contributed by atoms with Gasteiger partial charge in [-0.2, -0.15) is 0 Å². The summed E-state index contributed by atoms with van der Waals surface area (Å²) in [5, 5.41) is 3.64. The Balaban J connectivity index is 1.32. The first-order chi connectivity index (χ1) is 14.3. The minimum atomic E-state index is 0.0232. The van der Waals surface area contributed by atoms with Crippen LogP contribution in [-0.4, -0.2) is 38.1 Å². The molecule has 2 N–H and O–H groups in total. The van der Waals surface area contributed by atoms with Gasteiger partial charge in [-0.25, -0.2) is 4.79 Å². The highest BCUT2D eigenvalue weighted by molar-refractivity contribution is 5.75. The van der Waals surface area contributed by atoms with E-state index in [1.54, 1.807) is 0 Å². The smallest absolute Gasteiger partial charge is 0.327 e. The molecule has 1 saturated heterocycles. The number of imidazole rings is 1. The average Bonchev–Trinajstić information content (AvgIpc) is 3.11. The molecule has 2 aromatic heterocycles. The standard InChI is InChI=1S/C23H29N5O/c29-23-26-20-7-1-2-8-21(20)28(23)22-9-3-4-15-27(22)19-12-10-17(11-13-19)25-18-6-5-14-24-16-18/h1-2,5-8,14,16-17,19,22,25H,3-4,9-13,15H2,(H,26,29). The lowest BCUT2D eigenvalue weighted by Gasteiger charge is -2.44. The molecule has 3 heterocycles. The summed E-state index contributed by atoms with van der Waals surface area (Å²) in [5.74, 6) is 0. The number of nitrogens with zero attached hydrogens (tertiary/aromatic N) is 3. The summed E-state index contributed by atoms with van der Waals surface area (Å²) in [6, 6.07) is 13.2. The molecule has 1 saturated carbocycles. The number of pyridine rings is 1. The van der Waals surface area contributed by atoms with Gasteiger partial charge >= 0.3 is 5.69 Å². The number of anilines is 1. The number of nitrogens with one attached hydrogen (secondary N) is 2. The molecule has 1 aliphatic carbocycles. The highest BCUT2D eigenvalue weighted by Crippen LogP contribution is 2.35. The fourth-order valence-corrected chi connectivity index (χ4v) is 5.25.